The van der Waals surface area contributed by atoms with Crippen LogP contribution in [0.5, 0.6) is 11.5 Å². The van der Waals surface area contributed by atoms with Crippen LogP contribution in [0.25, 0.3) is 6.08 Å². The number of hydrogen-bond donors (Lipinski definition) is 2. The molecular formula is C14H18N2O4. The maximum atomic E-state index is 11.7. The predicted octanol–water partition coefficient (Wildman–Crippen LogP) is 0.927. The fourth-order valence-corrected chi connectivity index (χ4v) is 1.59. The Hall–Kier alpha value is -2.50. The average Bonchev–Trinajstić information content (AvgIpc) is 2.45. The molecule has 0 spiro atoms. The number of hydrogen-bond acceptors (Lipinski definition) is 4. The lowest BCUT2D eigenvalue weighted by atomic mass is 10.1. The van der Waals surface area contributed by atoms with E-state index in [-0.39, 0.29) is 17.5 Å². The van der Waals surface area contributed by atoms with Crippen LogP contribution in [0, 0.1) is 0 Å². The van der Waals surface area contributed by atoms with Crippen molar-refractivity contribution in [2.75, 3.05) is 21.3 Å². The van der Waals surface area contributed by atoms with Gasteiger partial charge in [-0.05, 0) is 23.8 Å². The van der Waals surface area contributed by atoms with Crippen LogP contribution in [0.2, 0.25) is 0 Å². The quantitative estimate of drug-likeness (QED) is 0.785. The molecule has 0 fully saturated rings. The second-order valence-electron chi connectivity index (χ2n) is 3.93. The summed E-state index contributed by atoms with van der Waals surface area (Å²) in [6.45, 7) is 1.34. The van der Waals surface area contributed by atoms with Gasteiger partial charge in [0.1, 0.15) is 5.70 Å². The van der Waals surface area contributed by atoms with Crippen molar-refractivity contribution in [3.05, 3.63) is 29.5 Å². The minimum atomic E-state index is -0.380. The van der Waals surface area contributed by atoms with Gasteiger partial charge in [-0.3, -0.25) is 9.59 Å². The molecule has 2 amide bonds. The maximum absolute atomic E-state index is 11.7. The van der Waals surface area contributed by atoms with E-state index in [4.69, 9.17) is 9.47 Å². The number of carbonyl (C=O) groups is 2. The lowest BCUT2D eigenvalue weighted by molar-refractivity contribution is -0.122. The summed E-state index contributed by atoms with van der Waals surface area (Å²) in [7, 11) is 4.56. The number of benzene rings is 1. The van der Waals surface area contributed by atoms with Crippen LogP contribution in [-0.4, -0.2) is 33.1 Å². The molecule has 20 heavy (non-hydrogen) atoms. The molecule has 0 unspecified atom stereocenters. The summed E-state index contributed by atoms with van der Waals surface area (Å²) >= 11 is 0. The number of rotatable bonds is 5. The van der Waals surface area contributed by atoms with E-state index in [9.17, 15) is 9.59 Å². The van der Waals surface area contributed by atoms with Gasteiger partial charge in [0.15, 0.2) is 11.5 Å². The van der Waals surface area contributed by atoms with Gasteiger partial charge in [-0.25, -0.2) is 0 Å². The highest BCUT2D eigenvalue weighted by Crippen LogP contribution is 2.28. The van der Waals surface area contributed by atoms with Crippen molar-refractivity contribution in [3.63, 3.8) is 0 Å². The number of likely N-dealkylation sites (N-methyl/N-ethyl adjacent to an activating group) is 1. The van der Waals surface area contributed by atoms with E-state index in [1.165, 1.54) is 21.1 Å². The normalized spacial score (nSPS) is 10.7. The van der Waals surface area contributed by atoms with E-state index >= 15 is 0 Å². The number of nitrogens with one attached hydrogen (secondary N) is 2. The Balaban J connectivity index is 3.16. The summed E-state index contributed by atoms with van der Waals surface area (Å²) < 4.78 is 10.3. The first-order valence-corrected chi connectivity index (χ1v) is 5.95. The molecular weight excluding hydrogens is 260 g/mol. The number of carbonyl (C=O) groups excluding carboxylic acids is 2. The van der Waals surface area contributed by atoms with Gasteiger partial charge < -0.3 is 20.1 Å². The van der Waals surface area contributed by atoms with Crippen molar-refractivity contribution in [1.29, 1.82) is 0 Å². The van der Waals surface area contributed by atoms with Crippen LogP contribution in [0.15, 0.2) is 23.9 Å². The Kier molecular flexibility index (Phi) is 5.58. The second-order valence-corrected chi connectivity index (χ2v) is 3.93. The zero-order valence-electron chi connectivity index (χ0n) is 11.9. The predicted molar refractivity (Wildman–Crippen MR) is 75.4 cm³/mol. The van der Waals surface area contributed by atoms with Crippen LogP contribution < -0.4 is 20.1 Å². The molecule has 0 bridgehead atoms. The first kappa shape index (κ1) is 15.6. The zero-order valence-corrected chi connectivity index (χ0v) is 11.9. The highest BCUT2D eigenvalue weighted by Gasteiger charge is 2.10. The van der Waals surface area contributed by atoms with Crippen LogP contribution in [0.3, 0.4) is 0 Å². The van der Waals surface area contributed by atoms with E-state index < -0.39 is 0 Å². The number of ether oxygens (including phenoxy) is 2. The molecule has 1 aromatic rings. The summed E-state index contributed by atoms with van der Waals surface area (Å²) in [5.74, 6) is 0.432. The monoisotopic (exact) mass is 278 g/mol. The molecule has 0 atom stereocenters. The summed E-state index contributed by atoms with van der Waals surface area (Å²) in [6, 6.07) is 5.19. The number of methoxy groups -OCH3 is 2. The van der Waals surface area contributed by atoms with Gasteiger partial charge in [-0.1, -0.05) is 6.07 Å². The van der Waals surface area contributed by atoms with Crippen LogP contribution >= 0.6 is 0 Å². The van der Waals surface area contributed by atoms with Gasteiger partial charge in [0.05, 0.1) is 14.2 Å². The minimum absolute atomic E-state index is 0.159. The molecule has 108 valence electrons. The summed E-state index contributed by atoms with van der Waals surface area (Å²) in [5, 5.41) is 4.95. The van der Waals surface area contributed by atoms with Gasteiger partial charge in [-0.2, -0.15) is 0 Å². The van der Waals surface area contributed by atoms with E-state index in [2.05, 4.69) is 10.6 Å². The molecule has 0 aromatic heterocycles. The standard InChI is InChI=1S/C14H18N2O4/c1-9(17)16-11(14(18)15-2)7-10-5-6-12(19-3)13(8-10)20-4/h5-8H,1-4H3,(H,15,18)(H,16,17)/b11-7-. The highest BCUT2D eigenvalue weighted by molar-refractivity contribution is 6.00. The first-order chi connectivity index (χ1) is 9.51. The van der Waals surface area contributed by atoms with Gasteiger partial charge >= 0.3 is 0 Å². The molecule has 0 aliphatic carbocycles. The number of amides is 2. The van der Waals surface area contributed by atoms with E-state index in [1.807, 2.05) is 0 Å². The van der Waals surface area contributed by atoms with Gasteiger partial charge in [0.2, 0.25) is 5.91 Å². The van der Waals surface area contributed by atoms with Crippen LogP contribution in [0.4, 0.5) is 0 Å². The van der Waals surface area contributed by atoms with Crippen molar-refractivity contribution in [1.82, 2.24) is 10.6 Å². The summed E-state index contributed by atoms with van der Waals surface area (Å²) in [6.07, 6.45) is 1.56. The second kappa shape index (κ2) is 7.18. The van der Waals surface area contributed by atoms with Crippen LogP contribution in [-0.2, 0) is 9.59 Å². The zero-order chi connectivity index (χ0) is 15.1. The average molecular weight is 278 g/mol. The topological polar surface area (TPSA) is 76.7 Å². The van der Waals surface area contributed by atoms with Crippen molar-refractivity contribution in [2.24, 2.45) is 0 Å². The lowest BCUT2D eigenvalue weighted by Gasteiger charge is -2.09. The molecule has 1 rings (SSSR count). The first-order valence-electron chi connectivity index (χ1n) is 5.95. The van der Waals surface area contributed by atoms with Crippen molar-refractivity contribution < 1.29 is 19.1 Å². The smallest absolute Gasteiger partial charge is 0.267 e. The molecule has 0 heterocycles. The summed E-state index contributed by atoms with van der Waals surface area (Å²) in [4.78, 5) is 22.8. The van der Waals surface area contributed by atoms with Gasteiger partial charge in [0, 0.05) is 14.0 Å². The Bertz CT molecular complexity index is 538. The molecule has 0 radical (unpaired) electrons. The highest BCUT2D eigenvalue weighted by atomic mass is 16.5. The summed E-state index contributed by atoms with van der Waals surface area (Å²) in [5.41, 5.74) is 0.863. The van der Waals surface area contributed by atoms with Gasteiger partial charge in [0.25, 0.3) is 5.91 Å². The fraction of sp³-hybridized carbons (Fsp3) is 0.286. The molecule has 2 N–H and O–H groups in total. The lowest BCUT2D eigenvalue weighted by Crippen LogP contribution is -2.31. The van der Waals surface area contributed by atoms with Gasteiger partial charge in [-0.15, -0.1) is 0 Å². The van der Waals surface area contributed by atoms with Crippen molar-refractivity contribution in [2.45, 2.75) is 6.92 Å². The molecule has 1 aromatic carbocycles. The Morgan fingerprint density at radius 3 is 2.30 bits per heavy atom. The third-order valence-electron chi connectivity index (χ3n) is 2.50. The van der Waals surface area contributed by atoms with Crippen LogP contribution in [0.1, 0.15) is 12.5 Å². The Morgan fingerprint density at radius 1 is 1.15 bits per heavy atom. The third kappa shape index (κ3) is 4.01. The molecule has 6 heteroatoms. The molecule has 0 saturated heterocycles. The largest absolute Gasteiger partial charge is 0.493 e. The molecule has 0 aliphatic rings. The molecule has 0 saturated carbocycles. The van der Waals surface area contributed by atoms with E-state index in [0.717, 1.165) is 0 Å². The Morgan fingerprint density at radius 2 is 1.80 bits per heavy atom. The van der Waals surface area contributed by atoms with Crippen molar-refractivity contribution >= 4 is 17.9 Å². The van der Waals surface area contributed by atoms with E-state index in [0.29, 0.717) is 17.1 Å². The molecule has 6 nitrogen and oxygen atoms in total. The minimum Gasteiger partial charge on any atom is -0.493 e. The van der Waals surface area contributed by atoms with E-state index in [1.54, 1.807) is 31.4 Å². The third-order valence-corrected chi connectivity index (χ3v) is 2.50. The molecule has 0 aliphatic heterocycles. The van der Waals surface area contributed by atoms with Crippen molar-refractivity contribution in [3.8, 4) is 11.5 Å². The maximum Gasteiger partial charge on any atom is 0.267 e. The fourth-order valence-electron chi connectivity index (χ4n) is 1.59. The SMILES string of the molecule is CNC(=O)/C(=C/c1ccc(OC)c(OC)c1)NC(C)=O. The Labute approximate surface area is 117 Å².